The van der Waals surface area contributed by atoms with Gasteiger partial charge in [-0.05, 0) is 48.9 Å². The molecule has 0 aliphatic rings. The Kier molecular flexibility index (Phi) is 5.79. The summed E-state index contributed by atoms with van der Waals surface area (Å²) in [5.41, 5.74) is 2.25. The highest BCUT2D eigenvalue weighted by Gasteiger charge is 2.20. The maximum absolute atomic E-state index is 12.7. The number of amides is 1. The van der Waals surface area contributed by atoms with Gasteiger partial charge in [0.1, 0.15) is 5.69 Å². The highest BCUT2D eigenvalue weighted by molar-refractivity contribution is 7.89. The van der Waals surface area contributed by atoms with E-state index in [0.717, 1.165) is 11.1 Å². The summed E-state index contributed by atoms with van der Waals surface area (Å²) >= 11 is 5.88. The van der Waals surface area contributed by atoms with E-state index in [4.69, 9.17) is 11.6 Å². The molecule has 28 heavy (non-hydrogen) atoms. The van der Waals surface area contributed by atoms with Crippen LogP contribution in [0, 0.1) is 0 Å². The number of aryl methyl sites for hydroxylation is 1. The van der Waals surface area contributed by atoms with E-state index in [1.807, 2.05) is 23.6 Å². The summed E-state index contributed by atoms with van der Waals surface area (Å²) in [6.07, 6.45) is 0. The van der Waals surface area contributed by atoms with Gasteiger partial charge in [-0.1, -0.05) is 23.7 Å². The number of rotatable bonds is 6. The minimum atomic E-state index is -3.54. The van der Waals surface area contributed by atoms with Crippen LogP contribution >= 0.6 is 11.6 Å². The second kappa shape index (κ2) is 7.95. The summed E-state index contributed by atoms with van der Waals surface area (Å²) in [6, 6.07) is 13.9. The zero-order valence-corrected chi connectivity index (χ0v) is 17.5. The van der Waals surface area contributed by atoms with Gasteiger partial charge in [-0.25, -0.2) is 12.7 Å². The quantitative estimate of drug-likeness (QED) is 0.664. The molecule has 0 aliphatic heterocycles. The number of hydrogen-bond donors (Lipinski definition) is 1. The molecular weight excluding hydrogens is 398 g/mol. The van der Waals surface area contributed by atoms with E-state index in [2.05, 4.69) is 5.32 Å². The van der Waals surface area contributed by atoms with Crippen molar-refractivity contribution in [2.24, 2.45) is 0 Å². The fraction of sp³-hybridized carbons (Fsp3) is 0.250. The van der Waals surface area contributed by atoms with E-state index in [0.29, 0.717) is 29.2 Å². The second-order valence-corrected chi connectivity index (χ2v) is 9.18. The van der Waals surface area contributed by atoms with Gasteiger partial charge >= 0.3 is 0 Å². The Bertz CT molecular complexity index is 1120. The average molecular weight is 420 g/mol. The van der Waals surface area contributed by atoms with E-state index >= 15 is 0 Å². The molecule has 6 nitrogen and oxygen atoms in total. The largest absolute Gasteiger partial charge is 0.347 e. The number of sulfonamides is 1. The van der Waals surface area contributed by atoms with Gasteiger partial charge in [0.2, 0.25) is 10.0 Å². The molecule has 0 spiro atoms. The minimum Gasteiger partial charge on any atom is -0.347 e. The third-order valence-electron chi connectivity index (χ3n) is 4.57. The van der Waals surface area contributed by atoms with Crippen molar-refractivity contribution in [2.75, 3.05) is 14.1 Å². The molecule has 8 heteroatoms. The highest BCUT2D eigenvalue weighted by Crippen LogP contribution is 2.25. The molecule has 1 aromatic heterocycles. The number of halogens is 1. The van der Waals surface area contributed by atoms with Gasteiger partial charge in [-0.3, -0.25) is 4.79 Å². The minimum absolute atomic E-state index is 0.200. The van der Waals surface area contributed by atoms with Crippen molar-refractivity contribution in [1.82, 2.24) is 14.2 Å². The summed E-state index contributed by atoms with van der Waals surface area (Å²) < 4.78 is 27.8. The molecule has 0 atom stereocenters. The molecule has 0 unspecified atom stereocenters. The van der Waals surface area contributed by atoms with Crippen LogP contribution in [-0.4, -0.2) is 37.3 Å². The lowest BCUT2D eigenvalue weighted by Gasteiger charge is -2.12. The fourth-order valence-corrected chi connectivity index (χ4v) is 4.09. The van der Waals surface area contributed by atoms with Crippen LogP contribution in [-0.2, 0) is 23.1 Å². The van der Waals surface area contributed by atoms with Gasteiger partial charge in [0.15, 0.2) is 0 Å². The normalized spacial score (nSPS) is 11.9. The molecule has 1 N–H and O–H groups in total. The van der Waals surface area contributed by atoms with Crippen LogP contribution in [0.2, 0.25) is 5.02 Å². The number of carbonyl (C=O) groups excluding carboxylic acids is 1. The highest BCUT2D eigenvalue weighted by atomic mass is 35.5. The maximum Gasteiger partial charge on any atom is 0.268 e. The number of nitrogens with one attached hydrogen (secondary N) is 1. The van der Waals surface area contributed by atoms with Gasteiger partial charge in [0, 0.05) is 43.1 Å². The Morgan fingerprint density at radius 2 is 1.79 bits per heavy atom. The lowest BCUT2D eigenvalue weighted by atomic mass is 10.2. The van der Waals surface area contributed by atoms with Crippen LogP contribution in [0.25, 0.3) is 10.9 Å². The van der Waals surface area contributed by atoms with E-state index in [9.17, 15) is 13.2 Å². The summed E-state index contributed by atoms with van der Waals surface area (Å²) in [6.45, 7) is 2.91. The number of fused-ring (bicyclic) bond motifs is 1. The van der Waals surface area contributed by atoms with Gasteiger partial charge in [0.25, 0.3) is 5.91 Å². The predicted molar refractivity (Wildman–Crippen MR) is 111 cm³/mol. The summed E-state index contributed by atoms with van der Waals surface area (Å²) in [4.78, 5) is 12.9. The molecule has 0 saturated heterocycles. The number of carbonyl (C=O) groups is 1. The molecular formula is C20H22ClN3O3S. The van der Waals surface area contributed by atoms with E-state index in [1.54, 1.807) is 36.4 Å². The van der Waals surface area contributed by atoms with Gasteiger partial charge in [-0.15, -0.1) is 0 Å². The molecule has 1 amide bonds. The lowest BCUT2D eigenvalue weighted by Crippen LogP contribution is -2.25. The van der Waals surface area contributed by atoms with E-state index in [1.165, 1.54) is 18.4 Å². The van der Waals surface area contributed by atoms with Crippen molar-refractivity contribution in [3.05, 3.63) is 64.8 Å². The Hall–Kier alpha value is -2.35. The molecule has 0 radical (unpaired) electrons. The number of hydrogen-bond acceptors (Lipinski definition) is 3. The zero-order chi connectivity index (χ0) is 20.5. The smallest absolute Gasteiger partial charge is 0.268 e. The molecule has 0 saturated carbocycles. The summed E-state index contributed by atoms with van der Waals surface area (Å²) in [5, 5.41) is 4.26. The molecule has 2 aromatic carbocycles. The van der Waals surface area contributed by atoms with Crippen molar-refractivity contribution in [3.8, 4) is 0 Å². The molecule has 1 heterocycles. The molecule has 0 bridgehead atoms. The standard InChI is InChI=1S/C20H22ClN3O3S/c1-4-24-18-10-9-17(28(26,27)23(2)3)11-15(18)12-19(24)20(25)22-13-14-5-7-16(21)8-6-14/h5-12H,4,13H2,1-3H3,(H,22,25). The first kappa shape index (κ1) is 20.4. The first-order valence-corrected chi connectivity index (χ1v) is 10.6. The lowest BCUT2D eigenvalue weighted by molar-refractivity contribution is 0.0942. The van der Waals surface area contributed by atoms with Crippen LogP contribution in [0.1, 0.15) is 23.0 Å². The van der Waals surface area contributed by atoms with Crippen molar-refractivity contribution in [2.45, 2.75) is 24.9 Å². The van der Waals surface area contributed by atoms with Gasteiger partial charge < -0.3 is 9.88 Å². The predicted octanol–water partition coefficient (Wildman–Crippen LogP) is 3.49. The summed E-state index contributed by atoms with van der Waals surface area (Å²) in [5.74, 6) is -0.218. The van der Waals surface area contributed by atoms with Gasteiger partial charge in [0.05, 0.1) is 4.90 Å². The molecule has 3 rings (SSSR count). The Balaban J connectivity index is 1.92. The monoisotopic (exact) mass is 419 g/mol. The van der Waals surface area contributed by atoms with Crippen molar-refractivity contribution >= 4 is 38.4 Å². The van der Waals surface area contributed by atoms with Crippen LogP contribution in [0.4, 0.5) is 0 Å². The van der Waals surface area contributed by atoms with Crippen molar-refractivity contribution in [3.63, 3.8) is 0 Å². The van der Waals surface area contributed by atoms with Crippen molar-refractivity contribution < 1.29 is 13.2 Å². The topological polar surface area (TPSA) is 71.4 Å². The maximum atomic E-state index is 12.7. The Morgan fingerprint density at radius 1 is 1.11 bits per heavy atom. The molecule has 0 aliphatic carbocycles. The molecule has 0 fully saturated rings. The fourth-order valence-electron chi connectivity index (χ4n) is 3.02. The van der Waals surface area contributed by atoms with Crippen LogP contribution in [0.15, 0.2) is 53.4 Å². The number of nitrogens with zero attached hydrogens (tertiary/aromatic N) is 2. The molecule has 3 aromatic rings. The van der Waals surface area contributed by atoms with Gasteiger partial charge in [-0.2, -0.15) is 0 Å². The first-order chi connectivity index (χ1) is 13.2. The average Bonchev–Trinajstić information content (AvgIpc) is 3.05. The van der Waals surface area contributed by atoms with E-state index < -0.39 is 10.0 Å². The van der Waals surface area contributed by atoms with Crippen LogP contribution in [0.3, 0.4) is 0 Å². The third-order valence-corrected chi connectivity index (χ3v) is 6.63. The third kappa shape index (κ3) is 3.92. The Morgan fingerprint density at radius 3 is 2.39 bits per heavy atom. The molecule has 148 valence electrons. The summed E-state index contributed by atoms with van der Waals surface area (Å²) in [7, 11) is -0.551. The second-order valence-electron chi connectivity index (χ2n) is 6.59. The first-order valence-electron chi connectivity index (χ1n) is 8.82. The van der Waals surface area contributed by atoms with Crippen LogP contribution < -0.4 is 5.32 Å². The number of aromatic nitrogens is 1. The Labute approximate surface area is 169 Å². The van der Waals surface area contributed by atoms with Crippen LogP contribution in [0.5, 0.6) is 0 Å². The zero-order valence-electron chi connectivity index (χ0n) is 15.9. The SMILES string of the molecule is CCn1c(C(=O)NCc2ccc(Cl)cc2)cc2cc(S(=O)(=O)N(C)C)ccc21. The number of benzene rings is 2. The van der Waals surface area contributed by atoms with E-state index in [-0.39, 0.29) is 10.8 Å². The van der Waals surface area contributed by atoms with Crippen molar-refractivity contribution in [1.29, 1.82) is 0 Å².